The fraction of sp³-hybridized carbons (Fsp3) is 0.500. The molecule has 0 bridgehead atoms. The highest BCUT2D eigenvalue weighted by Crippen LogP contribution is 2.38. The number of fused-ring (bicyclic) bond motifs is 1. The standard InChI is InChI=1S/C20H24FN5O4/c1-3-30-24-15-8-25(10-20(15,2)9-22)18-14(21)6-12-16(27)13(19(28)29)7-26(11-4-5-11)17(12)23-18/h6-7,11H,3-5,8-10,22H2,1-2H3,(H,28,29)/b24-15+. The number of aromatic carboxylic acids is 1. The molecule has 2 aromatic rings. The molecule has 2 aromatic heterocycles. The molecule has 10 heteroatoms. The average Bonchev–Trinajstić information content (AvgIpc) is 3.50. The van der Waals surface area contributed by atoms with Crippen LogP contribution >= 0.6 is 0 Å². The molecule has 0 aromatic carbocycles. The predicted octanol–water partition coefficient (Wildman–Crippen LogP) is 1.75. The molecule has 0 spiro atoms. The number of nitrogens with zero attached hydrogens (tertiary/aromatic N) is 4. The van der Waals surface area contributed by atoms with Crippen molar-refractivity contribution in [2.45, 2.75) is 32.7 Å². The molecule has 1 unspecified atom stereocenters. The van der Waals surface area contributed by atoms with Gasteiger partial charge >= 0.3 is 5.97 Å². The fourth-order valence-electron chi connectivity index (χ4n) is 3.80. The Morgan fingerprint density at radius 1 is 1.50 bits per heavy atom. The van der Waals surface area contributed by atoms with Crippen molar-refractivity contribution in [3.8, 4) is 0 Å². The summed E-state index contributed by atoms with van der Waals surface area (Å²) in [5.74, 6) is -1.95. The SMILES string of the molecule is CCO/N=C1\CN(c2nc3c(cc2F)c(=O)c(C(=O)O)cn3C2CC2)CC1(C)CN. The van der Waals surface area contributed by atoms with Gasteiger partial charge in [-0.1, -0.05) is 12.1 Å². The fourth-order valence-corrected chi connectivity index (χ4v) is 3.80. The highest BCUT2D eigenvalue weighted by molar-refractivity contribution is 5.97. The molecule has 4 rings (SSSR count). The number of hydrogen-bond donors (Lipinski definition) is 2. The van der Waals surface area contributed by atoms with Crippen LogP contribution in [0, 0.1) is 11.2 Å². The zero-order chi connectivity index (χ0) is 21.6. The van der Waals surface area contributed by atoms with Crippen LogP contribution in [0.15, 0.2) is 22.2 Å². The van der Waals surface area contributed by atoms with Gasteiger partial charge in [0, 0.05) is 30.7 Å². The van der Waals surface area contributed by atoms with E-state index in [1.165, 1.54) is 6.20 Å². The zero-order valence-corrected chi connectivity index (χ0v) is 16.9. The summed E-state index contributed by atoms with van der Waals surface area (Å²) in [7, 11) is 0. The third kappa shape index (κ3) is 3.30. The second-order valence-corrected chi connectivity index (χ2v) is 8.06. The van der Waals surface area contributed by atoms with E-state index in [1.54, 1.807) is 9.47 Å². The lowest BCUT2D eigenvalue weighted by atomic mass is 9.88. The van der Waals surface area contributed by atoms with E-state index < -0.39 is 22.6 Å². The lowest BCUT2D eigenvalue weighted by molar-refractivity contribution is 0.0695. The molecule has 3 heterocycles. The molecular weight excluding hydrogens is 393 g/mol. The number of aromatic nitrogens is 2. The van der Waals surface area contributed by atoms with Crippen molar-refractivity contribution in [2.75, 3.05) is 31.1 Å². The summed E-state index contributed by atoms with van der Waals surface area (Å²) in [6.07, 6.45) is 3.02. The number of rotatable bonds is 6. The molecule has 30 heavy (non-hydrogen) atoms. The van der Waals surface area contributed by atoms with Crippen LogP contribution in [0.1, 0.15) is 43.1 Å². The van der Waals surface area contributed by atoms with Gasteiger partial charge in [-0.2, -0.15) is 0 Å². The number of pyridine rings is 2. The van der Waals surface area contributed by atoms with E-state index in [2.05, 4.69) is 10.1 Å². The normalized spacial score (nSPS) is 22.8. The molecule has 1 aliphatic heterocycles. The number of carboxylic acids is 1. The van der Waals surface area contributed by atoms with Crippen LogP contribution in [0.25, 0.3) is 11.0 Å². The molecule has 9 nitrogen and oxygen atoms in total. The number of carbonyl (C=O) groups is 1. The maximum absolute atomic E-state index is 15.1. The van der Waals surface area contributed by atoms with E-state index >= 15 is 4.39 Å². The monoisotopic (exact) mass is 417 g/mol. The van der Waals surface area contributed by atoms with Gasteiger partial charge in [0.2, 0.25) is 5.43 Å². The van der Waals surface area contributed by atoms with Crippen LogP contribution in [0.2, 0.25) is 0 Å². The minimum absolute atomic E-state index is 0.0351. The van der Waals surface area contributed by atoms with Crippen LogP contribution in [-0.2, 0) is 4.84 Å². The van der Waals surface area contributed by atoms with Crippen LogP contribution < -0.4 is 16.1 Å². The smallest absolute Gasteiger partial charge is 0.341 e. The topological polar surface area (TPSA) is 123 Å². The predicted molar refractivity (Wildman–Crippen MR) is 110 cm³/mol. The van der Waals surface area contributed by atoms with Gasteiger partial charge in [-0.25, -0.2) is 14.2 Å². The molecule has 3 N–H and O–H groups in total. The third-order valence-corrected chi connectivity index (χ3v) is 5.74. The maximum atomic E-state index is 15.1. The van der Waals surface area contributed by atoms with E-state index in [0.717, 1.165) is 18.9 Å². The first kappa shape index (κ1) is 20.3. The number of oxime groups is 1. The second-order valence-electron chi connectivity index (χ2n) is 8.06. The van der Waals surface area contributed by atoms with Gasteiger partial charge in [0.15, 0.2) is 11.6 Å². The van der Waals surface area contributed by atoms with Crippen molar-refractivity contribution in [1.29, 1.82) is 0 Å². The molecule has 2 aliphatic rings. The van der Waals surface area contributed by atoms with Gasteiger partial charge in [0.05, 0.1) is 17.6 Å². The minimum Gasteiger partial charge on any atom is -0.477 e. The van der Waals surface area contributed by atoms with Gasteiger partial charge in [-0.15, -0.1) is 0 Å². The summed E-state index contributed by atoms with van der Waals surface area (Å²) >= 11 is 0. The molecule has 0 radical (unpaired) electrons. The average molecular weight is 417 g/mol. The number of anilines is 1. The van der Waals surface area contributed by atoms with E-state index in [-0.39, 0.29) is 28.5 Å². The van der Waals surface area contributed by atoms with Gasteiger partial charge in [0.25, 0.3) is 0 Å². The Labute approximate surface area is 171 Å². The Morgan fingerprint density at radius 2 is 2.23 bits per heavy atom. The number of hydrogen-bond acceptors (Lipinski definition) is 7. The third-order valence-electron chi connectivity index (χ3n) is 5.74. The Hall–Kier alpha value is -3.01. The first-order valence-corrected chi connectivity index (χ1v) is 9.92. The van der Waals surface area contributed by atoms with Gasteiger partial charge in [0.1, 0.15) is 17.8 Å². The Morgan fingerprint density at radius 3 is 2.83 bits per heavy atom. The maximum Gasteiger partial charge on any atom is 0.341 e. The minimum atomic E-state index is -1.34. The molecule has 1 atom stereocenters. The lowest BCUT2D eigenvalue weighted by Gasteiger charge is -2.23. The van der Waals surface area contributed by atoms with Crippen molar-refractivity contribution < 1.29 is 19.1 Å². The van der Waals surface area contributed by atoms with Gasteiger partial charge in [-0.05, 0) is 25.8 Å². The Bertz CT molecular complexity index is 1110. The van der Waals surface area contributed by atoms with E-state index in [9.17, 15) is 14.7 Å². The zero-order valence-electron chi connectivity index (χ0n) is 16.9. The summed E-state index contributed by atoms with van der Waals surface area (Å²) in [4.78, 5) is 35.5. The van der Waals surface area contributed by atoms with Crippen molar-refractivity contribution >= 4 is 28.5 Å². The second kappa shape index (κ2) is 7.35. The van der Waals surface area contributed by atoms with E-state index in [0.29, 0.717) is 32.0 Å². The molecule has 1 saturated carbocycles. The highest BCUT2D eigenvalue weighted by Gasteiger charge is 2.41. The first-order chi connectivity index (χ1) is 14.3. The van der Waals surface area contributed by atoms with Crippen LogP contribution in [0.3, 0.4) is 0 Å². The largest absolute Gasteiger partial charge is 0.477 e. The molecule has 160 valence electrons. The number of carboxylic acid groups (broad SMARTS) is 1. The van der Waals surface area contributed by atoms with E-state index in [4.69, 9.17) is 10.6 Å². The molecule has 0 amide bonds. The molecule has 1 saturated heterocycles. The summed E-state index contributed by atoms with van der Waals surface area (Å²) in [5.41, 5.74) is 5.33. The summed E-state index contributed by atoms with van der Waals surface area (Å²) in [5, 5.41) is 13.5. The van der Waals surface area contributed by atoms with Crippen LogP contribution in [-0.4, -0.2) is 52.6 Å². The quantitative estimate of drug-likeness (QED) is 0.686. The number of nitrogens with two attached hydrogens (primary N) is 1. The van der Waals surface area contributed by atoms with Crippen molar-refractivity contribution in [1.82, 2.24) is 9.55 Å². The molecular formula is C20H24FN5O4. The first-order valence-electron chi connectivity index (χ1n) is 9.92. The van der Waals surface area contributed by atoms with Crippen LogP contribution in [0.5, 0.6) is 0 Å². The number of halogens is 1. The Balaban J connectivity index is 1.84. The molecule has 1 aliphatic carbocycles. The molecule has 2 fully saturated rings. The van der Waals surface area contributed by atoms with Crippen molar-refractivity contribution in [3.63, 3.8) is 0 Å². The summed E-state index contributed by atoms with van der Waals surface area (Å²) in [6, 6.07) is 1.14. The lowest BCUT2D eigenvalue weighted by Crippen LogP contribution is -2.36. The van der Waals surface area contributed by atoms with Gasteiger partial charge < -0.3 is 25.1 Å². The van der Waals surface area contributed by atoms with Crippen LogP contribution in [0.4, 0.5) is 10.2 Å². The van der Waals surface area contributed by atoms with E-state index in [1.807, 2.05) is 13.8 Å². The van der Waals surface area contributed by atoms with Crippen molar-refractivity contribution in [2.24, 2.45) is 16.3 Å². The highest BCUT2D eigenvalue weighted by atomic mass is 19.1. The summed E-state index contributed by atoms with van der Waals surface area (Å²) in [6.45, 7) is 5.16. The van der Waals surface area contributed by atoms with Crippen molar-refractivity contribution in [3.05, 3.63) is 33.9 Å². The summed E-state index contributed by atoms with van der Waals surface area (Å²) < 4.78 is 16.7. The Kier molecular flexibility index (Phi) is 4.97. The van der Waals surface area contributed by atoms with Gasteiger partial charge in [-0.3, -0.25) is 4.79 Å².